The van der Waals surface area contributed by atoms with Gasteiger partial charge in [-0.25, -0.2) is 0 Å². The second kappa shape index (κ2) is 7.47. The van der Waals surface area contributed by atoms with Gasteiger partial charge in [0.15, 0.2) is 11.5 Å². The van der Waals surface area contributed by atoms with Gasteiger partial charge in [-0.1, -0.05) is 30.3 Å². The minimum absolute atomic E-state index is 0.138. The number of aryl methyl sites for hydroxylation is 2. The van der Waals surface area contributed by atoms with Gasteiger partial charge in [-0.05, 0) is 44.0 Å². The Morgan fingerprint density at radius 2 is 1.58 bits per heavy atom. The van der Waals surface area contributed by atoms with Crippen LogP contribution in [-0.4, -0.2) is 30.6 Å². The molecule has 0 radical (unpaired) electrons. The highest BCUT2D eigenvalue weighted by Crippen LogP contribution is 2.33. The van der Waals surface area contributed by atoms with E-state index in [1.807, 2.05) is 44.2 Å². The Balaban J connectivity index is 1.58. The van der Waals surface area contributed by atoms with Crippen molar-refractivity contribution in [1.82, 2.24) is 5.32 Å². The van der Waals surface area contributed by atoms with Gasteiger partial charge in [0.2, 0.25) is 12.0 Å². The summed E-state index contributed by atoms with van der Waals surface area (Å²) in [4.78, 5) is 24.6. The first kappa shape index (κ1) is 17.8. The Hall–Kier alpha value is -3.02. The highest BCUT2D eigenvalue weighted by Gasteiger charge is 2.34. The molecule has 0 saturated carbocycles. The summed E-state index contributed by atoms with van der Waals surface area (Å²) in [5, 5.41) is 5.45. The van der Waals surface area contributed by atoms with Crippen LogP contribution in [0.4, 0.5) is 5.69 Å². The Labute approximate surface area is 152 Å². The van der Waals surface area contributed by atoms with Crippen molar-refractivity contribution in [1.29, 1.82) is 0 Å². The number of benzene rings is 2. The average molecular weight is 354 g/mol. The van der Waals surface area contributed by atoms with Gasteiger partial charge in [0.05, 0.1) is 6.54 Å². The van der Waals surface area contributed by atoms with E-state index in [0.29, 0.717) is 11.5 Å². The third-order valence-electron chi connectivity index (χ3n) is 4.27. The lowest BCUT2D eigenvalue weighted by atomic mass is 10.1. The van der Waals surface area contributed by atoms with E-state index in [-0.39, 0.29) is 18.4 Å². The third-order valence-corrected chi connectivity index (χ3v) is 4.27. The zero-order valence-corrected chi connectivity index (χ0v) is 15.0. The van der Waals surface area contributed by atoms with Crippen LogP contribution in [0, 0.1) is 13.8 Å². The standard InChI is InChI=1S/C20H22N2O4/c1-12-7-6-8-13(2)18(12)22-17(23)11-21-20(24)19-14(3)25-15-9-4-5-10-16(15)26-19/h4-10,14,19H,11H2,1-3H3,(H,21,24)(H,22,23)/t14-,19-/m0/s1. The second-order valence-corrected chi connectivity index (χ2v) is 6.34. The number of hydrogen-bond acceptors (Lipinski definition) is 4. The van der Waals surface area contributed by atoms with Crippen LogP contribution in [0.2, 0.25) is 0 Å². The number of amides is 2. The largest absolute Gasteiger partial charge is 0.482 e. The summed E-state index contributed by atoms with van der Waals surface area (Å²) in [6.45, 7) is 5.47. The normalized spacial score (nSPS) is 18.1. The lowest BCUT2D eigenvalue weighted by molar-refractivity contribution is -0.134. The summed E-state index contributed by atoms with van der Waals surface area (Å²) in [5.74, 6) is 0.451. The van der Waals surface area contributed by atoms with Gasteiger partial charge in [-0.2, -0.15) is 0 Å². The van der Waals surface area contributed by atoms with Crippen LogP contribution in [-0.2, 0) is 9.59 Å². The number of fused-ring (bicyclic) bond motifs is 1. The molecule has 0 aromatic heterocycles. The predicted molar refractivity (Wildman–Crippen MR) is 98.5 cm³/mol. The molecule has 2 atom stereocenters. The first-order valence-electron chi connectivity index (χ1n) is 8.52. The van der Waals surface area contributed by atoms with E-state index in [4.69, 9.17) is 9.47 Å². The molecule has 0 aliphatic carbocycles. The molecule has 6 heteroatoms. The number of nitrogens with one attached hydrogen (secondary N) is 2. The summed E-state index contributed by atoms with van der Waals surface area (Å²) in [6, 6.07) is 13.0. The SMILES string of the molecule is Cc1cccc(C)c1NC(=O)CNC(=O)[C@H]1Oc2ccccc2O[C@H]1C. The van der Waals surface area contributed by atoms with E-state index in [0.717, 1.165) is 16.8 Å². The monoisotopic (exact) mass is 354 g/mol. The molecule has 2 aromatic carbocycles. The molecule has 1 aliphatic rings. The molecule has 3 rings (SSSR count). The molecule has 2 N–H and O–H groups in total. The summed E-state index contributed by atoms with van der Waals surface area (Å²) < 4.78 is 11.4. The smallest absolute Gasteiger partial charge is 0.265 e. The molecule has 6 nitrogen and oxygen atoms in total. The van der Waals surface area contributed by atoms with E-state index in [2.05, 4.69) is 10.6 Å². The van der Waals surface area contributed by atoms with Crippen molar-refractivity contribution in [2.45, 2.75) is 33.0 Å². The number of ether oxygens (including phenoxy) is 2. The predicted octanol–water partition coefficient (Wildman–Crippen LogP) is 2.59. The van der Waals surface area contributed by atoms with E-state index in [9.17, 15) is 9.59 Å². The van der Waals surface area contributed by atoms with Crippen molar-refractivity contribution >= 4 is 17.5 Å². The zero-order chi connectivity index (χ0) is 18.7. The van der Waals surface area contributed by atoms with Crippen molar-refractivity contribution in [3.63, 3.8) is 0 Å². The lowest BCUT2D eigenvalue weighted by Crippen LogP contribution is -2.50. The maximum Gasteiger partial charge on any atom is 0.265 e. The van der Waals surface area contributed by atoms with Gasteiger partial charge in [-0.3, -0.25) is 9.59 Å². The molecule has 0 unspecified atom stereocenters. The first-order chi connectivity index (χ1) is 12.5. The zero-order valence-electron chi connectivity index (χ0n) is 15.0. The summed E-state index contributed by atoms with van der Waals surface area (Å²) in [5.41, 5.74) is 2.71. The van der Waals surface area contributed by atoms with Crippen LogP contribution < -0.4 is 20.1 Å². The van der Waals surface area contributed by atoms with E-state index in [1.165, 1.54) is 0 Å². The van der Waals surface area contributed by atoms with Crippen LogP contribution in [0.1, 0.15) is 18.1 Å². The van der Waals surface area contributed by atoms with Gasteiger partial charge < -0.3 is 20.1 Å². The fourth-order valence-corrected chi connectivity index (χ4v) is 2.87. The molecule has 0 fully saturated rings. The van der Waals surface area contributed by atoms with Crippen molar-refractivity contribution < 1.29 is 19.1 Å². The van der Waals surface area contributed by atoms with Crippen LogP contribution >= 0.6 is 0 Å². The maximum atomic E-state index is 12.4. The van der Waals surface area contributed by atoms with Crippen LogP contribution in [0.15, 0.2) is 42.5 Å². The maximum absolute atomic E-state index is 12.4. The average Bonchev–Trinajstić information content (AvgIpc) is 2.62. The van der Waals surface area contributed by atoms with Crippen LogP contribution in [0.5, 0.6) is 11.5 Å². The van der Waals surface area contributed by atoms with Gasteiger partial charge in [0.1, 0.15) is 6.10 Å². The number of rotatable bonds is 4. The fraction of sp³-hybridized carbons (Fsp3) is 0.300. The summed E-state index contributed by atoms with van der Waals surface area (Å²) in [7, 11) is 0. The molecule has 0 saturated heterocycles. The highest BCUT2D eigenvalue weighted by atomic mass is 16.6. The molecule has 26 heavy (non-hydrogen) atoms. The highest BCUT2D eigenvalue weighted by molar-refractivity contribution is 5.96. The molecular weight excluding hydrogens is 332 g/mol. The fourth-order valence-electron chi connectivity index (χ4n) is 2.87. The van der Waals surface area contributed by atoms with E-state index in [1.54, 1.807) is 19.1 Å². The quantitative estimate of drug-likeness (QED) is 0.885. The molecule has 1 aliphatic heterocycles. The Kier molecular flexibility index (Phi) is 5.11. The summed E-state index contributed by atoms with van der Waals surface area (Å²) in [6.07, 6.45) is -1.26. The van der Waals surface area contributed by atoms with Crippen molar-refractivity contribution in [3.8, 4) is 11.5 Å². The van der Waals surface area contributed by atoms with Crippen LogP contribution in [0.25, 0.3) is 0 Å². The lowest BCUT2D eigenvalue weighted by Gasteiger charge is -2.30. The topological polar surface area (TPSA) is 76.7 Å². The molecule has 0 bridgehead atoms. The van der Waals surface area contributed by atoms with Gasteiger partial charge in [0.25, 0.3) is 5.91 Å². The molecule has 2 amide bonds. The van der Waals surface area contributed by atoms with Gasteiger partial charge >= 0.3 is 0 Å². The molecule has 2 aromatic rings. The number of anilines is 1. The number of carbonyl (C=O) groups excluding carboxylic acids is 2. The van der Waals surface area contributed by atoms with Gasteiger partial charge in [0, 0.05) is 5.69 Å². The minimum Gasteiger partial charge on any atom is -0.482 e. The van der Waals surface area contributed by atoms with E-state index < -0.39 is 12.2 Å². The third kappa shape index (κ3) is 3.79. The molecular formula is C20H22N2O4. The van der Waals surface area contributed by atoms with E-state index >= 15 is 0 Å². The number of hydrogen-bond donors (Lipinski definition) is 2. The first-order valence-corrected chi connectivity index (χ1v) is 8.52. The number of para-hydroxylation sites is 3. The van der Waals surface area contributed by atoms with Crippen LogP contribution in [0.3, 0.4) is 0 Å². The molecule has 0 spiro atoms. The second-order valence-electron chi connectivity index (χ2n) is 6.34. The number of carbonyl (C=O) groups is 2. The molecule has 136 valence electrons. The molecule has 1 heterocycles. The summed E-state index contributed by atoms with van der Waals surface area (Å²) >= 11 is 0. The van der Waals surface area contributed by atoms with Crippen molar-refractivity contribution in [2.75, 3.05) is 11.9 Å². The van der Waals surface area contributed by atoms with Crippen molar-refractivity contribution in [2.24, 2.45) is 0 Å². The van der Waals surface area contributed by atoms with Crippen molar-refractivity contribution in [3.05, 3.63) is 53.6 Å². The Morgan fingerprint density at radius 3 is 2.23 bits per heavy atom. The Bertz CT molecular complexity index is 814. The minimum atomic E-state index is -0.808. The van der Waals surface area contributed by atoms with Gasteiger partial charge in [-0.15, -0.1) is 0 Å². The Morgan fingerprint density at radius 1 is 0.962 bits per heavy atom.